The zero-order chi connectivity index (χ0) is 33.8. The van der Waals surface area contributed by atoms with Crippen molar-refractivity contribution in [1.82, 2.24) is 26.6 Å². The van der Waals surface area contributed by atoms with Crippen LogP contribution in [-0.4, -0.2) is 114 Å². The van der Waals surface area contributed by atoms with Gasteiger partial charge in [0, 0.05) is 20.0 Å². The molecule has 0 aliphatic rings. The first kappa shape index (κ1) is 38.8. The highest BCUT2D eigenvalue weighted by Crippen LogP contribution is 2.04. The first-order valence-electron chi connectivity index (χ1n) is 13.2. The number of aliphatic imine (C=N–C) groups is 2. The summed E-state index contributed by atoms with van der Waals surface area (Å²) in [5.41, 5.74) is 26.2. The molecule has 0 saturated heterocycles. The van der Waals surface area contributed by atoms with E-state index in [4.69, 9.17) is 38.9 Å². The lowest BCUT2D eigenvalue weighted by Crippen LogP contribution is -2.56. The smallest absolute Gasteiger partial charge is 0.305 e. The summed E-state index contributed by atoms with van der Waals surface area (Å²) in [5, 5.41) is 29.6. The summed E-state index contributed by atoms with van der Waals surface area (Å²) in [6.45, 7) is -0.158. The van der Waals surface area contributed by atoms with Crippen LogP contribution < -0.4 is 55.3 Å². The van der Waals surface area contributed by atoms with Gasteiger partial charge in [0.25, 0.3) is 0 Å². The van der Waals surface area contributed by atoms with E-state index in [-0.39, 0.29) is 44.3 Å². The summed E-state index contributed by atoms with van der Waals surface area (Å²) in [6.07, 6.45) is -0.269. The molecule has 248 valence electrons. The highest BCUT2D eigenvalue weighted by molar-refractivity contribution is 5.96. The van der Waals surface area contributed by atoms with Crippen LogP contribution in [0, 0.1) is 0 Å². The van der Waals surface area contributed by atoms with E-state index in [0.29, 0.717) is 6.42 Å². The Morgan fingerprint density at radius 1 is 0.682 bits per heavy atom. The maximum absolute atomic E-state index is 13.0. The molecule has 21 heteroatoms. The lowest BCUT2D eigenvalue weighted by atomic mass is 10.1. The van der Waals surface area contributed by atoms with Gasteiger partial charge in [-0.05, 0) is 25.7 Å². The molecule has 0 rings (SSSR count). The number of nitrogens with two attached hydrogens (primary N) is 5. The summed E-state index contributed by atoms with van der Waals surface area (Å²) in [4.78, 5) is 92.6. The largest absolute Gasteiger partial charge is 0.481 e. The Bertz CT molecular complexity index is 1090. The fourth-order valence-electron chi connectivity index (χ4n) is 3.46. The third kappa shape index (κ3) is 17.6. The average Bonchev–Trinajstić information content (AvgIpc) is 2.92. The first-order valence-corrected chi connectivity index (χ1v) is 13.2. The number of guanidine groups is 2. The van der Waals surface area contributed by atoms with Crippen LogP contribution in [0.1, 0.15) is 39.0 Å². The van der Waals surface area contributed by atoms with Crippen molar-refractivity contribution in [3.8, 4) is 0 Å². The van der Waals surface area contributed by atoms with E-state index in [0.717, 1.165) is 0 Å². The number of aliphatic carboxylic acids is 1. The van der Waals surface area contributed by atoms with E-state index in [1.54, 1.807) is 0 Å². The van der Waals surface area contributed by atoms with Gasteiger partial charge in [0.1, 0.15) is 24.2 Å². The van der Waals surface area contributed by atoms with Crippen molar-refractivity contribution in [2.45, 2.75) is 63.2 Å². The number of hydrogen-bond acceptors (Lipinski definition) is 10. The molecule has 17 N–H and O–H groups in total. The van der Waals surface area contributed by atoms with Crippen molar-refractivity contribution in [2.75, 3.05) is 26.2 Å². The Labute approximate surface area is 252 Å². The maximum atomic E-state index is 13.0. The van der Waals surface area contributed by atoms with Gasteiger partial charge in [-0.25, -0.2) is 0 Å². The number of amides is 6. The fourth-order valence-corrected chi connectivity index (χ4v) is 3.46. The minimum atomic E-state index is -1.70. The van der Waals surface area contributed by atoms with Crippen LogP contribution in [0.3, 0.4) is 0 Å². The molecule has 0 aromatic rings. The monoisotopic (exact) mass is 630 g/mol. The van der Waals surface area contributed by atoms with Crippen LogP contribution in [0.5, 0.6) is 0 Å². The Hall–Kier alpha value is -5.21. The molecule has 0 spiro atoms. The molecular weight excluding hydrogens is 588 g/mol. The number of carbonyl (C=O) groups excluding carboxylic acids is 6. The summed E-state index contributed by atoms with van der Waals surface area (Å²) in [7, 11) is 0. The van der Waals surface area contributed by atoms with Crippen molar-refractivity contribution in [3.05, 3.63) is 0 Å². The number of carbonyl (C=O) groups is 7. The molecule has 0 unspecified atom stereocenters. The topological polar surface area (TPSA) is 375 Å². The molecule has 0 aromatic heterocycles. The molecule has 0 fully saturated rings. The molecule has 0 saturated carbocycles. The average molecular weight is 631 g/mol. The Kier molecular flexibility index (Phi) is 18.2. The van der Waals surface area contributed by atoms with E-state index < -0.39 is 85.2 Å². The van der Waals surface area contributed by atoms with Crippen LogP contribution in [-0.2, 0) is 33.6 Å². The van der Waals surface area contributed by atoms with Gasteiger partial charge >= 0.3 is 5.97 Å². The fraction of sp³-hybridized carbons (Fsp3) is 0.609. The van der Waals surface area contributed by atoms with Crippen molar-refractivity contribution in [1.29, 1.82) is 0 Å². The number of nitrogens with one attached hydrogen (secondary N) is 5. The maximum Gasteiger partial charge on any atom is 0.305 e. The standard InChI is InChI=1S/C23H42N12O9/c1-11(37)32-13(5-3-7-30-23(27)28)20(43)34-12(4-2-6-29-22(25)26)19(42)31-9-16(38)33-14(8-17(39)40)21(44)35-15(10-36)18(24)41/h12-15,36H,2-10H2,1H3,(H2,24,41)(H,31,42)(H,32,37)(H,33,38)(H,34,43)(H,35,44)(H,39,40)(H4,25,26,29)(H4,27,28,30)/t12-,13-,14-,15-/m0/s1. The number of carboxylic acids is 1. The van der Waals surface area contributed by atoms with Gasteiger partial charge in [-0.3, -0.25) is 43.5 Å². The Morgan fingerprint density at radius 3 is 1.59 bits per heavy atom. The van der Waals surface area contributed by atoms with E-state index in [1.165, 1.54) is 6.92 Å². The van der Waals surface area contributed by atoms with Crippen molar-refractivity contribution in [2.24, 2.45) is 38.7 Å². The lowest BCUT2D eigenvalue weighted by molar-refractivity contribution is -0.141. The van der Waals surface area contributed by atoms with Gasteiger partial charge in [0.2, 0.25) is 35.4 Å². The van der Waals surface area contributed by atoms with Gasteiger partial charge in [-0.1, -0.05) is 0 Å². The minimum absolute atomic E-state index is 0.00350. The SMILES string of the molecule is CC(=O)N[C@@H](CCCN=C(N)N)C(=O)N[C@@H](CCCN=C(N)N)C(=O)NCC(=O)N[C@@H](CC(=O)O)C(=O)N[C@@H](CO)C(N)=O. The molecule has 0 radical (unpaired) electrons. The van der Waals surface area contributed by atoms with E-state index in [2.05, 4.69) is 31.3 Å². The molecule has 0 bridgehead atoms. The van der Waals surface area contributed by atoms with Gasteiger partial charge in [-0.2, -0.15) is 0 Å². The molecule has 21 nitrogen and oxygen atoms in total. The Morgan fingerprint density at radius 2 is 1.16 bits per heavy atom. The summed E-state index contributed by atoms with van der Waals surface area (Å²) in [6, 6.07) is -5.53. The molecule has 0 aliphatic carbocycles. The zero-order valence-electron chi connectivity index (χ0n) is 24.2. The normalized spacial score (nSPS) is 13.0. The second kappa shape index (κ2) is 20.6. The second-order valence-corrected chi connectivity index (χ2v) is 9.29. The van der Waals surface area contributed by atoms with E-state index in [1.807, 2.05) is 5.32 Å². The summed E-state index contributed by atoms with van der Waals surface area (Å²) < 4.78 is 0. The minimum Gasteiger partial charge on any atom is -0.481 e. The zero-order valence-corrected chi connectivity index (χ0v) is 24.2. The predicted molar refractivity (Wildman–Crippen MR) is 155 cm³/mol. The third-order valence-electron chi connectivity index (χ3n) is 5.51. The van der Waals surface area contributed by atoms with Crippen molar-refractivity contribution in [3.63, 3.8) is 0 Å². The van der Waals surface area contributed by atoms with E-state index >= 15 is 0 Å². The number of aliphatic hydroxyl groups excluding tert-OH is 1. The second-order valence-electron chi connectivity index (χ2n) is 9.29. The molecule has 6 amide bonds. The quantitative estimate of drug-likeness (QED) is 0.0319. The molecule has 0 heterocycles. The van der Waals surface area contributed by atoms with Crippen LogP contribution in [0.15, 0.2) is 9.98 Å². The lowest BCUT2D eigenvalue weighted by Gasteiger charge is -2.23. The first-order chi connectivity index (χ1) is 20.6. The van der Waals surface area contributed by atoms with Crippen LogP contribution in [0.4, 0.5) is 0 Å². The van der Waals surface area contributed by atoms with Crippen LogP contribution in [0.2, 0.25) is 0 Å². The number of rotatable bonds is 21. The molecule has 0 aliphatic heterocycles. The van der Waals surface area contributed by atoms with Crippen molar-refractivity contribution >= 4 is 53.3 Å². The van der Waals surface area contributed by atoms with Gasteiger partial charge in [0.05, 0.1) is 19.6 Å². The molecule has 44 heavy (non-hydrogen) atoms. The van der Waals surface area contributed by atoms with Crippen molar-refractivity contribution < 1.29 is 43.8 Å². The number of carboxylic acid groups (broad SMARTS) is 1. The van der Waals surface area contributed by atoms with Crippen LogP contribution in [0.25, 0.3) is 0 Å². The van der Waals surface area contributed by atoms with E-state index in [9.17, 15) is 33.6 Å². The number of nitrogens with zero attached hydrogens (tertiary/aromatic N) is 2. The third-order valence-corrected chi connectivity index (χ3v) is 5.51. The highest BCUT2D eigenvalue weighted by Gasteiger charge is 2.29. The summed E-state index contributed by atoms with van der Waals surface area (Å²) in [5.74, 6) is -7.13. The molecular formula is C23H42N12O9. The van der Waals surface area contributed by atoms with Gasteiger partial charge in [-0.15, -0.1) is 0 Å². The molecule has 0 aromatic carbocycles. The number of primary amides is 1. The number of aliphatic hydroxyl groups is 1. The van der Waals surface area contributed by atoms with Gasteiger partial charge < -0.3 is 65.5 Å². The summed E-state index contributed by atoms with van der Waals surface area (Å²) >= 11 is 0. The van der Waals surface area contributed by atoms with Crippen LogP contribution >= 0.6 is 0 Å². The predicted octanol–water partition coefficient (Wildman–Crippen LogP) is -6.88. The molecule has 4 atom stereocenters. The number of hydrogen-bond donors (Lipinski definition) is 12. The van der Waals surface area contributed by atoms with Gasteiger partial charge in [0.15, 0.2) is 11.9 Å². The Balaban J connectivity index is 5.56. The highest BCUT2D eigenvalue weighted by atomic mass is 16.4.